The minimum Gasteiger partial charge on any atom is -0.274 e. The Balaban J connectivity index is 2.37. The quantitative estimate of drug-likeness (QED) is 0.699. The van der Waals surface area contributed by atoms with Crippen molar-refractivity contribution < 1.29 is 9.63 Å². The van der Waals surface area contributed by atoms with Crippen LogP contribution in [0.1, 0.15) is 10.5 Å². The van der Waals surface area contributed by atoms with Gasteiger partial charge in [-0.05, 0) is 29.7 Å². The molecule has 0 bridgehead atoms. The Bertz CT molecular complexity index is 916. The van der Waals surface area contributed by atoms with Crippen LogP contribution in [0, 0.1) is 0 Å². The van der Waals surface area contributed by atoms with E-state index in [1.165, 1.54) is 18.7 Å². The molecule has 0 fully saturated rings. The van der Waals surface area contributed by atoms with Crippen molar-refractivity contribution in [1.82, 2.24) is 9.63 Å². The van der Waals surface area contributed by atoms with Gasteiger partial charge in [-0.1, -0.05) is 36.4 Å². The summed E-state index contributed by atoms with van der Waals surface area (Å²) in [4.78, 5) is 30.5. The summed E-state index contributed by atoms with van der Waals surface area (Å²) in [5, 5.41) is 2.38. The van der Waals surface area contributed by atoms with Crippen LogP contribution in [0.5, 0.6) is 0 Å². The van der Waals surface area contributed by atoms with E-state index in [9.17, 15) is 9.59 Å². The summed E-state index contributed by atoms with van der Waals surface area (Å²) in [6.07, 6.45) is 0. The summed E-state index contributed by atoms with van der Waals surface area (Å²) < 4.78 is 1.42. The first kappa shape index (κ1) is 15.0. The van der Waals surface area contributed by atoms with Gasteiger partial charge in [0, 0.05) is 18.1 Å². The van der Waals surface area contributed by atoms with Crippen LogP contribution in [0.2, 0.25) is 0 Å². The summed E-state index contributed by atoms with van der Waals surface area (Å²) in [5.41, 5.74) is 0.655. The fourth-order valence-corrected chi connectivity index (χ4v) is 2.49. The van der Waals surface area contributed by atoms with Crippen LogP contribution in [0.4, 0.5) is 0 Å². The Labute approximate surface area is 133 Å². The molecule has 0 aliphatic rings. The summed E-state index contributed by atoms with van der Waals surface area (Å²) in [6, 6.07) is 18.0. The normalized spacial score (nSPS) is 10.7. The highest BCUT2D eigenvalue weighted by Crippen LogP contribution is 2.17. The van der Waals surface area contributed by atoms with Crippen LogP contribution in [0.3, 0.4) is 0 Å². The number of nitrogens with zero attached hydrogens (tertiary/aromatic N) is 2. The number of benzene rings is 2. The molecule has 0 saturated carbocycles. The molecule has 0 N–H and O–H groups in total. The van der Waals surface area contributed by atoms with Gasteiger partial charge in [0.25, 0.3) is 11.5 Å². The molecule has 1 aromatic heterocycles. The summed E-state index contributed by atoms with van der Waals surface area (Å²) >= 11 is 0. The Morgan fingerprint density at radius 3 is 2.39 bits per heavy atom. The van der Waals surface area contributed by atoms with E-state index in [0.29, 0.717) is 11.1 Å². The molecule has 0 unspecified atom stereocenters. The second-order valence-electron chi connectivity index (χ2n) is 5.08. The maximum Gasteiger partial charge on any atom is 0.294 e. The zero-order chi connectivity index (χ0) is 16.4. The van der Waals surface area contributed by atoms with Gasteiger partial charge in [0.1, 0.15) is 5.69 Å². The third-order valence-corrected chi connectivity index (χ3v) is 3.72. The Morgan fingerprint density at radius 2 is 1.70 bits per heavy atom. The zero-order valence-corrected chi connectivity index (χ0v) is 12.9. The molecule has 116 valence electrons. The molecule has 0 spiro atoms. The fraction of sp³-hybridized carbons (Fsp3) is 0.111. The van der Waals surface area contributed by atoms with Gasteiger partial charge in [0.15, 0.2) is 0 Å². The topological polar surface area (TPSA) is 51.5 Å². The Hall–Kier alpha value is -2.92. The average Bonchev–Trinajstić information content (AvgIpc) is 2.61. The molecule has 0 aliphatic carbocycles. The molecule has 23 heavy (non-hydrogen) atoms. The predicted molar refractivity (Wildman–Crippen MR) is 88.6 cm³/mol. The SMILES string of the molecule is CON(C)C(=O)c1cc2ccccc2c(=O)n1-c1ccccc1. The lowest BCUT2D eigenvalue weighted by Gasteiger charge is -2.18. The number of hydrogen-bond donors (Lipinski definition) is 0. The lowest BCUT2D eigenvalue weighted by Crippen LogP contribution is -2.32. The highest BCUT2D eigenvalue weighted by molar-refractivity contribution is 5.96. The average molecular weight is 308 g/mol. The van der Waals surface area contributed by atoms with Gasteiger partial charge in [0.2, 0.25) is 0 Å². The lowest BCUT2D eigenvalue weighted by molar-refractivity contribution is -0.0762. The first-order chi connectivity index (χ1) is 11.1. The minimum atomic E-state index is -0.390. The fourth-order valence-electron chi connectivity index (χ4n) is 2.49. The molecule has 1 heterocycles. The monoisotopic (exact) mass is 308 g/mol. The van der Waals surface area contributed by atoms with Crippen molar-refractivity contribution in [3.05, 3.63) is 76.7 Å². The van der Waals surface area contributed by atoms with Crippen LogP contribution in [0.25, 0.3) is 16.5 Å². The van der Waals surface area contributed by atoms with E-state index in [-0.39, 0.29) is 17.2 Å². The standard InChI is InChI=1S/C18H16N2O3/c1-19(23-2)18(22)16-12-13-8-6-7-11-15(13)17(21)20(16)14-9-4-3-5-10-14/h3-12H,1-2H3. The van der Waals surface area contributed by atoms with Gasteiger partial charge in [-0.15, -0.1) is 0 Å². The Morgan fingerprint density at radius 1 is 1.04 bits per heavy atom. The number of carbonyl (C=O) groups is 1. The van der Waals surface area contributed by atoms with Crippen LogP contribution in [-0.4, -0.2) is 29.7 Å². The van der Waals surface area contributed by atoms with Crippen molar-refractivity contribution in [2.75, 3.05) is 14.2 Å². The van der Waals surface area contributed by atoms with Gasteiger partial charge in [-0.3, -0.25) is 19.0 Å². The maximum atomic E-state index is 12.9. The van der Waals surface area contributed by atoms with Gasteiger partial charge in [-0.2, -0.15) is 0 Å². The molecular formula is C18H16N2O3. The molecule has 2 aromatic carbocycles. The molecule has 3 rings (SSSR count). The second-order valence-corrected chi connectivity index (χ2v) is 5.08. The van der Waals surface area contributed by atoms with Gasteiger partial charge in [-0.25, -0.2) is 5.06 Å². The molecular weight excluding hydrogens is 292 g/mol. The van der Waals surface area contributed by atoms with E-state index in [1.54, 1.807) is 24.3 Å². The van der Waals surface area contributed by atoms with Crippen molar-refractivity contribution in [3.8, 4) is 5.69 Å². The number of carbonyl (C=O) groups excluding carboxylic acids is 1. The van der Waals surface area contributed by atoms with Crippen LogP contribution in [0.15, 0.2) is 65.5 Å². The van der Waals surface area contributed by atoms with Crippen molar-refractivity contribution in [1.29, 1.82) is 0 Å². The number of amides is 1. The molecule has 5 heteroatoms. The third kappa shape index (κ3) is 2.62. The first-order valence-electron chi connectivity index (χ1n) is 7.16. The van der Waals surface area contributed by atoms with Crippen LogP contribution >= 0.6 is 0 Å². The van der Waals surface area contributed by atoms with E-state index in [0.717, 1.165) is 10.4 Å². The summed E-state index contributed by atoms with van der Waals surface area (Å²) in [5.74, 6) is -0.390. The van der Waals surface area contributed by atoms with E-state index in [1.807, 2.05) is 36.4 Å². The molecule has 3 aromatic rings. The van der Waals surface area contributed by atoms with Crippen molar-refractivity contribution in [3.63, 3.8) is 0 Å². The lowest BCUT2D eigenvalue weighted by atomic mass is 10.1. The number of aromatic nitrogens is 1. The smallest absolute Gasteiger partial charge is 0.274 e. The number of hydrogen-bond acceptors (Lipinski definition) is 3. The highest BCUT2D eigenvalue weighted by atomic mass is 16.7. The minimum absolute atomic E-state index is 0.234. The van der Waals surface area contributed by atoms with E-state index in [2.05, 4.69) is 0 Å². The van der Waals surface area contributed by atoms with Crippen molar-refractivity contribution in [2.45, 2.75) is 0 Å². The molecule has 0 atom stereocenters. The van der Waals surface area contributed by atoms with Crippen LogP contribution < -0.4 is 5.56 Å². The molecule has 1 amide bonds. The number of fused-ring (bicyclic) bond motifs is 1. The maximum absolute atomic E-state index is 12.9. The third-order valence-electron chi connectivity index (χ3n) is 3.72. The van der Waals surface area contributed by atoms with E-state index in [4.69, 9.17) is 4.84 Å². The molecule has 0 aliphatic heterocycles. The van der Waals surface area contributed by atoms with Gasteiger partial charge < -0.3 is 0 Å². The molecule has 0 radical (unpaired) electrons. The highest BCUT2D eigenvalue weighted by Gasteiger charge is 2.19. The van der Waals surface area contributed by atoms with E-state index < -0.39 is 0 Å². The van der Waals surface area contributed by atoms with E-state index >= 15 is 0 Å². The number of rotatable bonds is 3. The largest absolute Gasteiger partial charge is 0.294 e. The van der Waals surface area contributed by atoms with Gasteiger partial charge >= 0.3 is 0 Å². The Kier molecular flexibility index (Phi) is 3.95. The number of hydroxylamine groups is 2. The predicted octanol–water partition coefficient (Wildman–Crippen LogP) is 2.62. The second kappa shape index (κ2) is 6.06. The van der Waals surface area contributed by atoms with Crippen LogP contribution in [-0.2, 0) is 4.84 Å². The molecule has 5 nitrogen and oxygen atoms in total. The molecule has 0 saturated heterocycles. The van der Waals surface area contributed by atoms with Crippen molar-refractivity contribution >= 4 is 16.7 Å². The van der Waals surface area contributed by atoms with Gasteiger partial charge in [0.05, 0.1) is 7.11 Å². The summed E-state index contributed by atoms with van der Waals surface area (Å²) in [7, 11) is 2.92. The first-order valence-corrected chi connectivity index (χ1v) is 7.16. The zero-order valence-electron chi connectivity index (χ0n) is 12.9. The summed E-state index contributed by atoms with van der Waals surface area (Å²) in [6.45, 7) is 0. The van der Waals surface area contributed by atoms with Crippen molar-refractivity contribution in [2.24, 2.45) is 0 Å². The number of pyridine rings is 1. The number of para-hydroxylation sites is 1.